The highest BCUT2D eigenvalue weighted by atomic mass is 16.5. The van der Waals surface area contributed by atoms with Crippen LogP contribution in [0.3, 0.4) is 0 Å². The van der Waals surface area contributed by atoms with E-state index in [0.717, 1.165) is 5.69 Å². The molecule has 0 bridgehead atoms. The molecule has 1 amide bonds. The first kappa shape index (κ1) is 14.5. The van der Waals surface area contributed by atoms with Crippen molar-refractivity contribution in [2.24, 2.45) is 5.10 Å². The van der Waals surface area contributed by atoms with Crippen LogP contribution in [0.15, 0.2) is 41.6 Å². The molecular formula is C15H15N3O3. The van der Waals surface area contributed by atoms with Gasteiger partial charge in [-0.25, -0.2) is 5.43 Å². The fourth-order valence-corrected chi connectivity index (χ4v) is 1.61. The van der Waals surface area contributed by atoms with E-state index in [1.807, 2.05) is 6.92 Å². The van der Waals surface area contributed by atoms with E-state index in [-0.39, 0.29) is 11.7 Å². The SMILES string of the molecule is COc1cc(/C=N\NC(=O)c2ccc(C)nc2)ccc1O. The van der Waals surface area contributed by atoms with Crippen LogP contribution in [0.1, 0.15) is 21.6 Å². The molecule has 1 heterocycles. The maximum Gasteiger partial charge on any atom is 0.272 e. The Bertz CT molecular complexity index is 666. The van der Waals surface area contributed by atoms with Crippen molar-refractivity contribution < 1.29 is 14.6 Å². The number of nitrogens with one attached hydrogen (secondary N) is 1. The third-order valence-corrected chi connectivity index (χ3v) is 2.76. The smallest absolute Gasteiger partial charge is 0.272 e. The van der Waals surface area contributed by atoms with Crippen molar-refractivity contribution in [1.82, 2.24) is 10.4 Å². The first-order valence-electron chi connectivity index (χ1n) is 6.23. The number of ether oxygens (including phenoxy) is 1. The van der Waals surface area contributed by atoms with E-state index in [2.05, 4.69) is 15.5 Å². The molecule has 0 spiro atoms. The molecule has 0 radical (unpaired) electrons. The summed E-state index contributed by atoms with van der Waals surface area (Å²) in [5, 5.41) is 13.3. The van der Waals surface area contributed by atoms with Gasteiger partial charge in [0.15, 0.2) is 11.5 Å². The van der Waals surface area contributed by atoms with Gasteiger partial charge >= 0.3 is 0 Å². The molecule has 0 saturated heterocycles. The zero-order chi connectivity index (χ0) is 15.2. The Hall–Kier alpha value is -2.89. The van der Waals surface area contributed by atoms with Gasteiger partial charge in [0.05, 0.1) is 18.9 Å². The van der Waals surface area contributed by atoms with E-state index < -0.39 is 0 Å². The number of nitrogens with zero attached hydrogens (tertiary/aromatic N) is 2. The first-order chi connectivity index (χ1) is 10.1. The predicted molar refractivity (Wildman–Crippen MR) is 78.7 cm³/mol. The highest BCUT2D eigenvalue weighted by Crippen LogP contribution is 2.25. The van der Waals surface area contributed by atoms with Crippen molar-refractivity contribution in [3.63, 3.8) is 0 Å². The Morgan fingerprint density at radius 3 is 2.86 bits per heavy atom. The zero-order valence-corrected chi connectivity index (χ0v) is 11.7. The number of hydrogen-bond donors (Lipinski definition) is 2. The molecule has 1 aromatic carbocycles. The number of aromatic hydroxyl groups is 1. The van der Waals surface area contributed by atoms with Crippen molar-refractivity contribution in [2.75, 3.05) is 7.11 Å². The zero-order valence-electron chi connectivity index (χ0n) is 11.7. The molecule has 0 saturated carbocycles. The summed E-state index contributed by atoms with van der Waals surface area (Å²) < 4.78 is 4.99. The molecule has 0 aliphatic carbocycles. The summed E-state index contributed by atoms with van der Waals surface area (Å²) in [5.41, 5.74) is 4.36. The lowest BCUT2D eigenvalue weighted by Crippen LogP contribution is -2.17. The normalized spacial score (nSPS) is 10.6. The molecule has 0 atom stereocenters. The third-order valence-electron chi connectivity index (χ3n) is 2.76. The number of aryl methyl sites for hydroxylation is 1. The molecule has 0 aliphatic rings. The molecule has 0 fully saturated rings. The van der Waals surface area contributed by atoms with Gasteiger partial charge in [0, 0.05) is 11.9 Å². The summed E-state index contributed by atoms with van der Waals surface area (Å²) in [6, 6.07) is 8.19. The van der Waals surface area contributed by atoms with Gasteiger partial charge in [0.1, 0.15) is 0 Å². The number of methoxy groups -OCH3 is 1. The molecule has 6 nitrogen and oxygen atoms in total. The monoisotopic (exact) mass is 285 g/mol. The second kappa shape index (κ2) is 6.51. The van der Waals surface area contributed by atoms with Gasteiger partial charge in [-0.05, 0) is 42.8 Å². The maximum atomic E-state index is 11.8. The molecular weight excluding hydrogens is 270 g/mol. The molecule has 2 N–H and O–H groups in total. The molecule has 6 heteroatoms. The largest absolute Gasteiger partial charge is 0.504 e. The molecule has 0 unspecified atom stereocenters. The van der Waals surface area contributed by atoms with Gasteiger partial charge in [-0.15, -0.1) is 0 Å². The van der Waals surface area contributed by atoms with E-state index in [4.69, 9.17) is 4.74 Å². The van der Waals surface area contributed by atoms with Crippen LogP contribution < -0.4 is 10.2 Å². The average Bonchev–Trinajstić information content (AvgIpc) is 2.49. The Kier molecular flexibility index (Phi) is 4.50. The summed E-state index contributed by atoms with van der Waals surface area (Å²) in [5.74, 6) is 0.0434. The van der Waals surface area contributed by atoms with E-state index in [0.29, 0.717) is 16.9 Å². The lowest BCUT2D eigenvalue weighted by Gasteiger charge is -2.03. The summed E-state index contributed by atoms with van der Waals surface area (Å²) >= 11 is 0. The average molecular weight is 285 g/mol. The van der Waals surface area contributed by atoms with Gasteiger partial charge in [-0.3, -0.25) is 9.78 Å². The first-order valence-corrected chi connectivity index (χ1v) is 6.23. The standard InChI is InChI=1S/C15H15N3O3/c1-10-3-5-12(9-16-10)15(20)18-17-8-11-4-6-13(19)14(7-11)21-2/h3-9,19H,1-2H3,(H,18,20)/b17-8-. The molecule has 21 heavy (non-hydrogen) atoms. The van der Waals surface area contributed by atoms with E-state index in [9.17, 15) is 9.90 Å². The number of pyridine rings is 1. The number of hydrazone groups is 1. The third kappa shape index (κ3) is 3.79. The summed E-state index contributed by atoms with van der Waals surface area (Å²) in [6.07, 6.45) is 2.95. The number of phenols is 1. The lowest BCUT2D eigenvalue weighted by molar-refractivity contribution is 0.0955. The van der Waals surface area contributed by atoms with Gasteiger partial charge in [0.25, 0.3) is 5.91 Å². The van der Waals surface area contributed by atoms with E-state index in [1.165, 1.54) is 25.6 Å². The quantitative estimate of drug-likeness (QED) is 0.663. The Labute approximate surface area is 122 Å². The van der Waals surface area contributed by atoms with Crippen LogP contribution in [-0.4, -0.2) is 29.3 Å². The summed E-state index contributed by atoms with van der Waals surface area (Å²) in [4.78, 5) is 15.8. The van der Waals surface area contributed by atoms with Crippen LogP contribution in [0.4, 0.5) is 0 Å². The predicted octanol–water partition coefficient (Wildman–Crippen LogP) is 1.87. The second-order valence-electron chi connectivity index (χ2n) is 4.32. The van der Waals surface area contributed by atoms with E-state index >= 15 is 0 Å². The minimum Gasteiger partial charge on any atom is -0.504 e. The highest BCUT2D eigenvalue weighted by Gasteiger charge is 2.04. The van der Waals surface area contributed by atoms with Crippen molar-refractivity contribution in [2.45, 2.75) is 6.92 Å². The molecule has 1 aromatic heterocycles. The fraction of sp³-hybridized carbons (Fsp3) is 0.133. The Morgan fingerprint density at radius 1 is 1.38 bits per heavy atom. The number of carbonyl (C=O) groups is 1. The van der Waals surface area contributed by atoms with Crippen LogP contribution in [0.5, 0.6) is 11.5 Å². The van der Waals surface area contributed by atoms with E-state index in [1.54, 1.807) is 24.3 Å². The van der Waals surface area contributed by atoms with Crippen LogP contribution in [-0.2, 0) is 0 Å². The molecule has 2 aromatic rings. The van der Waals surface area contributed by atoms with Crippen LogP contribution in [0, 0.1) is 6.92 Å². The van der Waals surface area contributed by atoms with Crippen molar-refractivity contribution in [1.29, 1.82) is 0 Å². The number of hydrogen-bond acceptors (Lipinski definition) is 5. The maximum absolute atomic E-state index is 11.8. The molecule has 2 rings (SSSR count). The van der Waals surface area contributed by atoms with Crippen molar-refractivity contribution in [3.05, 3.63) is 53.3 Å². The van der Waals surface area contributed by atoms with Crippen molar-refractivity contribution >= 4 is 12.1 Å². The Balaban J connectivity index is 2.02. The number of phenolic OH excluding ortho intramolecular Hbond substituents is 1. The number of rotatable bonds is 4. The van der Waals surface area contributed by atoms with Crippen molar-refractivity contribution in [3.8, 4) is 11.5 Å². The highest BCUT2D eigenvalue weighted by molar-refractivity contribution is 5.94. The second-order valence-corrected chi connectivity index (χ2v) is 4.32. The van der Waals surface area contributed by atoms with Crippen LogP contribution >= 0.6 is 0 Å². The minimum absolute atomic E-state index is 0.0458. The lowest BCUT2D eigenvalue weighted by atomic mass is 10.2. The fourth-order valence-electron chi connectivity index (χ4n) is 1.61. The Morgan fingerprint density at radius 2 is 2.19 bits per heavy atom. The molecule has 0 aliphatic heterocycles. The number of aromatic nitrogens is 1. The minimum atomic E-state index is -0.343. The van der Waals surface area contributed by atoms with Gasteiger partial charge in [-0.2, -0.15) is 5.10 Å². The van der Waals surface area contributed by atoms with Crippen LogP contribution in [0.25, 0.3) is 0 Å². The molecule has 108 valence electrons. The van der Waals surface area contributed by atoms with Gasteiger partial charge < -0.3 is 9.84 Å². The van der Waals surface area contributed by atoms with Gasteiger partial charge in [0.2, 0.25) is 0 Å². The summed E-state index contributed by atoms with van der Waals surface area (Å²) in [6.45, 7) is 1.85. The number of amides is 1. The number of carbonyl (C=O) groups excluding carboxylic acids is 1. The van der Waals surface area contributed by atoms with Crippen LogP contribution in [0.2, 0.25) is 0 Å². The summed E-state index contributed by atoms with van der Waals surface area (Å²) in [7, 11) is 1.46. The topological polar surface area (TPSA) is 83.8 Å². The number of benzene rings is 1. The van der Waals surface area contributed by atoms with Gasteiger partial charge in [-0.1, -0.05) is 0 Å².